The Hall–Kier alpha value is -1.95. The van der Waals surface area contributed by atoms with Crippen molar-refractivity contribution >= 4 is 5.69 Å². The van der Waals surface area contributed by atoms with Gasteiger partial charge in [0.1, 0.15) is 0 Å². The monoisotopic (exact) mass is 323 g/mol. The molecule has 0 N–H and O–H groups in total. The van der Waals surface area contributed by atoms with Crippen LogP contribution in [0.2, 0.25) is 0 Å². The quantitative estimate of drug-likeness (QED) is 0.858. The summed E-state index contributed by atoms with van der Waals surface area (Å²) in [6.07, 6.45) is -2.27. The third kappa shape index (κ3) is 3.69. The molecule has 2 heterocycles. The van der Waals surface area contributed by atoms with Gasteiger partial charge in [0.05, 0.1) is 5.56 Å². The van der Waals surface area contributed by atoms with Gasteiger partial charge in [-0.25, -0.2) is 0 Å². The Kier molecular flexibility index (Phi) is 4.35. The van der Waals surface area contributed by atoms with Gasteiger partial charge in [-0.1, -0.05) is 6.07 Å². The minimum atomic E-state index is -4.29. The summed E-state index contributed by atoms with van der Waals surface area (Å²) < 4.78 is 40.5. The number of hydrogen-bond acceptors (Lipinski definition) is 2. The fraction of sp³-hybridized carbons (Fsp3) is 0.412. The minimum absolute atomic E-state index is 0.582. The molecule has 0 amide bonds. The maximum Gasteiger partial charge on any atom is 0.416 e. The van der Waals surface area contributed by atoms with Crippen molar-refractivity contribution in [1.82, 2.24) is 9.47 Å². The van der Waals surface area contributed by atoms with E-state index < -0.39 is 11.7 Å². The van der Waals surface area contributed by atoms with Crippen LogP contribution in [0.4, 0.5) is 18.9 Å². The zero-order chi connectivity index (χ0) is 16.4. The Labute approximate surface area is 133 Å². The number of aryl methyl sites for hydroxylation is 1. The van der Waals surface area contributed by atoms with Crippen LogP contribution in [0, 0.1) is 0 Å². The first-order chi connectivity index (χ1) is 10.9. The van der Waals surface area contributed by atoms with Gasteiger partial charge >= 0.3 is 6.18 Å². The number of hydrogen-bond donors (Lipinski definition) is 0. The van der Waals surface area contributed by atoms with Gasteiger partial charge in [-0.2, -0.15) is 13.2 Å². The summed E-state index contributed by atoms with van der Waals surface area (Å²) in [4.78, 5) is 4.36. The third-order valence-corrected chi connectivity index (χ3v) is 4.35. The number of benzene rings is 1. The first-order valence-corrected chi connectivity index (χ1v) is 7.68. The smallest absolute Gasteiger partial charge is 0.369 e. The molecule has 124 valence electrons. The van der Waals surface area contributed by atoms with E-state index in [2.05, 4.69) is 15.5 Å². The van der Waals surface area contributed by atoms with E-state index in [1.54, 1.807) is 6.07 Å². The van der Waals surface area contributed by atoms with Gasteiger partial charge in [0.15, 0.2) is 0 Å². The normalized spacial score (nSPS) is 16.8. The molecule has 1 aliphatic rings. The zero-order valence-electron chi connectivity index (χ0n) is 13.1. The van der Waals surface area contributed by atoms with Gasteiger partial charge in [-0.05, 0) is 30.3 Å². The van der Waals surface area contributed by atoms with Crippen molar-refractivity contribution in [2.45, 2.75) is 12.7 Å². The molecule has 0 atom stereocenters. The number of rotatable bonds is 3. The summed E-state index contributed by atoms with van der Waals surface area (Å²) in [5, 5.41) is 0. The first-order valence-electron chi connectivity index (χ1n) is 7.68. The van der Waals surface area contributed by atoms with Crippen LogP contribution in [0.15, 0.2) is 42.6 Å². The molecule has 2 aromatic rings. The van der Waals surface area contributed by atoms with E-state index in [0.717, 1.165) is 38.8 Å². The molecule has 3 nitrogen and oxygen atoms in total. The van der Waals surface area contributed by atoms with Gasteiger partial charge in [-0.3, -0.25) is 4.90 Å². The highest BCUT2D eigenvalue weighted by molar-refractivity contribution is 5.49. The average Bonchev–Trinajstić information content (AvgIpc) is 2.92. The summed E-state index contributed by atoms with van der Waals surface area (Å²) in [6.45, 7) is 4.06. The predicted octanol–water partition coefficient (Wildman–Crippen LogP) is 3.37. The topological polar surface area (TPSA) is 11.4 Å². The maximum atomic E-state index is 12.8. The zero-order valence-corrected chi connectivity index (χ0v) is 13.1. The van der Waals surface area contributed by atoms with E-state index >= 15 is 0 Å². The lowest BCUT2D eigenvalue weighted by atomic mass is 10.1. The third-order valence-electron chi connectivity index (χ3n) is 4.35. The van der Waals surface area contributed by atoms with Crippen molar-refractivity contribution in [3.8, 4) is 0 Å². The van der Waals surface area contributed by atoms with Crippen LogP contribution in [-0.4, -0.2) is 35.6 Å². The first kappa shape index (κ1) is 15.9. The van der Waals surface area contributed by atoms with Crippen LogP contribution < -0.4 is 4.90 Å². The number of piperazine rings is 1. The molecule has 3 rings (SSSR count). The fourth-order valence-electron chi connectivity index (χ4n) is 2.93. The summed E-state index contributed by atoms with van der Waals surface area (Å²) in [7, 11) is 2.02. The highest BCUT2D eigenvalue weighted by atomic mass is 19.4. The molecule has 6 heteroatoms. The van der Waals surface area contributed by atoms with Gasteiger partial charge in [0.25, 0.3) is 0 Å². The SMILES string of the molecule is Cn1cccc1CN1CCN(c2cccc(C(F)(F)F)c2)CC1. The molecule has 0 saturated carbocycles. The minimum Gasteiger partial charge on any atom is -0.369 e. The molecule has 0 aliphatic carbocycles. The van der Waals surface area contributed by atoms with Crippen molar-refractivity contribution in [2.24, 2.45) is 7.05 Å². The van der Waals surface area contributed by atoms with Crippen molar-refractivity contribution in [2.75, 3.05) is 31.1 Å². The van der Waals surface area contributed by atoms with Gasteiger partial charge in [0.2, 0.25) is 0 Å². The van der Waals surface area contributed by atoms with Crippen LogP contribution in [0.1, 0.15) is 11.3 Å². The van der Waals surface area contributed by atoms with E-state index in [9.17, 15) is 13.2 Å². The van der Waals surface area contributed by atoms with Gasteiger partial charge in [-0.15, -0.1) is 0 Å². The van der Waals surface area contributed by atoms with Gasteiger partial charge < -0.3 is 9.47 Å². The molecule has 0 unspecified atom stereocenters. The Morgan fingerprint density at radius 1 is 1.00 bits per heavy atom. The number of halogens is 3. The lowest BCUT2D eigenvalue weighted by Crippen LogP contribution is -2.46. The standard InChI is InChI=1S/C17H20F3N3/c1-21-7-3-6-16(21)13-22-8-10-23(11-9-22)15-5-2-4-14(12-15)17(18,19)20/h2-7,12H,8-11,13H2,1H3. The molecule has 1 saturated heterocycles. The van der Waals surface area contributed by atoms with Crippen LogP contribution in [-0.2, 0) is 19.8 Å². The predicted molar refractivity (Wildman–Crippen MR) is 84.3 cm³/mol. The molecule has 1 aromatic heterocycles. The van der Waals surface area contributed by atoms with Crippen LogP contribution in [0.25, 0.3) is 0 Å². The second-order valence-electron chi connectivity index (χ2n) is 5.92. The Bertz CT molecular complexity index is 655. The van der Waals surface area contributed by atoms with Crippen molar-refractivity contribution in [3.63, 3.8) is 0 Å². The van der Waals surface area contributed by atoms with E-state index in [1.165, 1.54) is 17.8 Å². The summed E-state index contributed by atoms with van der Waals surface area (Å²) in [5.41, 5.74) is 1.32. The van der Waals surface area contributed by atoms with E-state index in [-0.39, 0.29) is 0 Å². The lowest BCUT2D eigenvalue weighted by molar-refractivity contribution is -0.137. The van der Waals surface area contributed by atoms with Crippen LogP contribution >= 0.6 is 0 Å². The summed E-state index contributed by atoms with van der Waals surface area (Å²) in [5.74, 6) is 0. The molecule has 23 heavy (non-hydrogen) atoms. The van der Waals surface area contributed by atoms with Crippen molar-refractivity contribution in [1.29, 1.82) is 0 Å². The molecule has 0 radical (unpaired) electrons. The molecule has 0 bridgehead atoms. The van der Waals surface area contributed by atoms with Gasteiger partial charge in [0, 0.05) is 57.3 Å². The summed E-state index contributed by atoms with van der Waals surface area (Å²) in [6, 6.07) is 9.71. The molecular weight excluding hydrogens is 303 g/mol. The van der Waals surface area contributed by atoms with Crippen molar-refractivity contribution in [3.05, 3.63) is 53.9 Å². The number of anilines is 1. The molecule has 1 aromatic carbocycles. The number of nitrogens with zero attached hydrogens (tertiary/aromatic N) is 3. The molecule has 1 fully saturated rings. The molecule has 1 aliphatic heterocycles. The Morgan fingerprint density at radius 3 is 2.35 bits per heavy atom. The summed E-state index contributed by atoms with van der Waals surface area (Å²) >= 11 is 0. The average molecular weight is 323 g/mol. The molecule has 0 spiro atoms. The van der Waals surface area contributed by atoms with E-state index in [1.807, 2.05) is 24.2 Å². The Balaban J connectivity index is 1.62. The maximum absolute atomic E-state index is 12.8. The largest absolute Gasteiger partial charge is 0.416 e. The second kappa shape index (κ2) is 6.28. The highest BCUT2D eigenvalue weighted by Gasteiger charge is 2.31. The second-order valence-corrected chi connectivity index (χ2v) is 5.92. The highest BCUT2D eigenvalue weighted by Crippen LogP contribution is 2.31. The molecular formula is C17H20F3N3. The Morgan fingerprint density at radius 2 is 1.74 bits per heavy atom. The fourth-order valence-corrected chi connectivity index (χ4v) is 2.93. The number of aromatic nitrogens is 1. The van der Waals surface area contributed by atoms with Crippen LogP contribution in [0.3, 0.4) is 0 Å². The van der Waals surface area contributed by atoms with E-state index in [4.69, 9.17) is 0 Å². The lowest BCUT2D eigenvalue weighted by Gasteiger charge is -2.36. The van der Waals surface area contributed by atoms with E-state index in [0.29, 0.717) is 5.69 Å². The van der Waals surface area contributed by atoms with Crippen molar-refractivity contribution < 1.29 is 13.2 Å². The van der Waals surface area contributed by atoms with Crippen LogP contribution in [0.5, 0.6) is 0 Å². The number of alkyl halides is 3.